The Morgan fingerprint density at radius 3 is 3.07 bits per heavy atom. The molecule has 0 bridgehead atoms. The molecular formula is C9H14N4OS. The first-order chi connectivity index (χ1) is 7.20. The minimum Gasteiger partial charge on any atom is -0.333 e. The van der Waals surface area contributed by atoms with Crippen molar-refractivity contribution in [1.29, 1.82) is 0 Å². The van der Waals surface area contributed by atoms with E-state index in [9.17, 15) is 4.79 Å². The molecule has 2 heterocycles. The topological polar surface area (TPSA) is 58.1 Å². The quantitative estimate of drug-likeness (QED) is 0.747. The first-order valence-corrected chi connectivity index (χ1v) is 5.78. The van der Waals surface area contributed by atoms with Crippen molar-refractivity contribution >= 4 is 17.4 Å². The van der Waals surface area contributed by atoms with Gasteiger partial charge in [-0.05, 0) is 25.4 Å². The predicted octanol–water partition coefficient (Wildman–Crippen LogP) is 0.280. The summed E-state index contributed by atoms with van der Waals surface area (Å²) in [7, 11) is 0. The van der Waals surface area contributed by atoms with Crippen molar-refractivity contribution in [3.8, 4) is 0 Å². The highest BCUT2D eigenvalue weighted by Gasteiger charge is 2.26. The number of hydrogen-bond acceptors (Lipinski definition) is 5. The van der Waals surface area contributed by atoms with Crippen molar-refractivity contribution in [3.05, 3.63) is 10.6 Å². The van der Waals surface area contributed by atoms with Gasteiger partial charge in [-0.1, -0.05) is 4.49 Å². The van der Waals surface area contributed by atoms with E-state index in [0.717, 1.165) is 25.3 Å². The average Bonchev–Trinajstić information content (AvgIpc) is 2.64. The number of hydrogen-bond donors (Lipinski definition) is 1. The number of carbonyl (C=O) groups excluding carboxylic acids is 1. The van der Waals surface area contributed by atoms with E-state index in [1.807, 2.05) is 18.7 Å². The van der Waals surface area contributed by atoms with Crippen LogP contribution in [0.2, 0.25) is 0 Å². The van der Waals surface area contributed by atoms with Crippen LogP contribution in [0.5, 0.6) is 0 Å². The van der Waals surface area contributed by atoms with Crippen molar-refractivity contribution < 1.29 is 4.79 Å². The van der Waals surface area contributed by atoms with E-state index in [1.165, 1.54) is 11.5 Å². The third-order valence-corrected chi connectivity index (χ3v) is 3.42. The van der Waals surface area contributed by atoms with E-state index in [-0.39, 0.29) is 11.9 Å². The zero-order chi connectivity index (χ0) is 10.8. The number of aromatic nitrogens is 2. The summed E-state index contributed by atoms with van der Waals surface area (Å²) in [5.41, 5.74) is 0.732. The first-order valence-electron chi connectivity index (χ1n) is 5.01. The smallest absolute Gasteiger partial charge is 0.267 e. The summed E-state index contributed by atoms with van der Waals surface area (Å²) in [6.45, 7) is 6.35. The summed E-state index contributed by atoms with van der Waals surface area (Å²) < 4.78 is 3.79. The van der Waals surface area contributed by atoms with Crippen molar-refractivity contribution in [1.82, 2.24) is 19.8 Å². The molecule has 1 unspecified atom stereocenters. The fourth-order valence-corrected chi connectivity index (χ4v) is 2.31. The number of nitrogens with zero attached hydrogens (tertiary/aromatic N) is 3. The number of rotatable bonds is 1. The summed E-state index contributed by atoms with van der Waals surface area (Å²) in [6.07, 6.45) is 0. The Labute approximate surface area is 92.6 Å². The third kappa shape index (κ3) is 2.00. The maximum Gasteiger partial charge on any atom is 0.267 e. The van der Waals surface area contributed by atoms with Gasteiger partial charge >= 0.3 is 0 Å². The maximum absolute atomic E-state index is 12.1. The Balaban J connectivity index is 2.17. The molecule has 1 atom stereocenters. The molecule has 6 heteroatoms. The van der Waals surface area contributed by atoms with Crippen LogP contribution in [0.3, 0.4) is 0 Å². The van der Waals surface area contributed by atoms with Crippen molar-refractivity contribution in [2.75, 3.05) is 19.6 Å². The normalized spacial score (nSPS) is 21.7. The fourth-order valence-electron chi connectivity index (χ4n) is 1.70. The van der Waals surface area contributed by atoms with Gasteiger partial charge in [0.1, 0.15) is 4.88 Å². The van der Waals surface area contributed by atoms with Crippen LogP contribution in [0.15, 0.2) is 0 Å². The molecule has 1 aliphatic rings. The molecule has 1 aromatic rings. The second kappa shape index (κ2) is 4.24. The highest BCUT2D eigenvalue weighted by Crippen LogP contribution is 2.15. The molecule has 2 rings (SSSR count). The largest absolute Gasteiger partial charge is 0.333 e. The van der Waals surface area contributed by atoms with Crippen LogP contribution in [0.1, 0.15) is 22.3 Å². The lowest BCUT2D eigenvalue weighted by Crippen LogP contribution is -2.52. The minimum atomic E-state index is 0.0662. The van der Waals surface area contributed by atoms with Gasteiger partial charge in [0.05, 0.1) is 5.69 Å². The molecule has 82 valence electrons. The average molecular weight is 226 g/mol. The summed E-state index contributed by atoms with van der Waals surface area (Å²) in [5, 5.41) is 7.12. The van der Waals surface area contributed by atoms with Crippen molar-refractivity contribution in [3.63, 3.8) is 0 Å². The lowest BCUT2D eigenvalue weighted by Gasteiger charge is -2.33. The molecule has 0 saturated carbocycles. The van der Waals surface area contributed by atoms with Crippen LogP contribution in [-0.4, -0.2) is 46.1 Å². The minimum absolute atomic E-state index is 0.0662. The molecule has 1 N–H and O–H groups in total. The molecule has 15 heavy (non-hydrogen) atoms. The zero-order valence-electron chi connectivity index (χ0n) is 8.86. The second-order valence-corrected chi connectivity index (χ2v) is 4.49. The van der Waals surface area contributed by atoms with Gasteiger partial charge in [0, 0.05) is 25.7 Å². The monoisotopic (exact) mass is 226 g/mol. The van der Waals surface area contributed by atoms with Gasteiger partial charge in [-0.3, -0.25) is 4.79 Å². The standard InChI is InChI=1S/C9H14N4OS/c1-6-5-10-3-4-13(6)9(14)8-7(2)11-12-15-8/h6,10H,3-5H2,1-2H3. The maximum atomic E-state index is 12.1. The number of nitrogens with one attached hydrogen (secondary N) is 1. The zero-order valence-corrected chi connectivity index (χ0v) is 9.67. The Hall–Kier alpha value is -1.01. The van der Waals surface area contributed by atoms with E-state index in [1.54, 1.807) is 0 Å². The number of carbonyl (C=O) groups is 1. The summed E-state index contributed by atoms with van der Waals surface area (Å²) in [4.78, 5) is 14.7. The van der Waals surface area contributed by atoms with Crippen LogP contribution in [0.4, 0.5) is 0 Å². The van der Waals surface area contributed by atoms with Crippen molar-refractivity contribution in [2.24, 2.45) is 0 Å². The fraction of sp³-hybridized carbons (Fsp3) is 0.667. The van der Waals surface area contributed by atoms with Crippen molar-refractivity contribution in [2.45, 2.75) is 19.9 Å². The lowest BCUT2D eigenvalue weighted by atomic mass is 10.2. The van der Waals surface area contributed by atoms with E-state index in [0.29, 0.717) is 4.88 Å². The highest BCUT2D eigenvalue weighted by molar-refractivity contribution is 7.07. The Bertz CT molecular complexity index is 365. The van der Waals surface area contributed by atoms with Gasteiger partial charge in [-0.25, -0.2) is 0 Å². The number of aryl methyl sites for hydroxylation is 1. The van der Waals surface area contributed by atoms with E-state index in [4.69, 9.17) is 0 Å². The molecule has 5 nitrogen and oxygen atoms in total. The predicted molar refractivity (Wildman–Crippen MR) is 58.0 cm³/mol. The molecular weight excluding hydrogens is 212 g/mol. The van der Waals surface area contributed by atoms with Gasteiger partial charge in [-0.2, -0.15) is 0 Å². The van der Waals surface area contributed by atoms with Crippen LogP contribution in [0.25, 0.3) is 0 Å². The third-order valence-electron chi connectivity index (χ3n) is 2.61. The summed E-state index contributed by atoms with van der Waals surface area (Å²) in [5.74, 6) is 0.0662. The molecule has 1 amide bonds. The molecule has 1 aromatic heterocycles. The van der Waals surface area contributed by atoms with E-state index < -0.39 is 0 Å². The number of amides is 1. The Morgan fingerprint density at radius 2 is 2.47 bits per heavy atom. The van der Waals surface area contributed by atoms with Gasteiger partial charge in [0.2, 0.25) is 0 Å². The molecule has 1 aliphatic heterocycles. The number of piperazine rings is 1. The Morgan fingerprint density at radius 1 is 1.67 bits per heavy atom. The van der Waals surface area contributed by atoms with Gasteiger partial charge in [0.25, 0.3) is 5.91 Å². The highest BCUT2D eigenvalue weighted by atomic mass is 32.1. The molecule has 0 aromatic carbocycles. The van der Waals surface area contributed by atoms with Crippen LogP contribution >= 0.6 is 11.5 Å². The van der Waals surface area contributed by atoms with Crippen LogP contribution < -0.4 is 5.32 Å². The SMILES string of the molecule is Cc1nnsc1C(=O)N1CCNCC1C. The van der Waals surface area contributed by atoms with Gasteiger partial charge in [-0.15, -0.1) is 5.10 Å². The summed E-state index contributed by atoms with van der Waals surface area (Å²) >= 11 is 1.18. The molecule has 0 radical (unpaired) electrons. The van der Waals surface area contributed by atoms with Crippen LogP contribution in [-0.2, 0) is 0 Å². The van der Waals surface area contributed by atoms with Crippen LogP contribution in [0, 0.1) is 6.92 Å². The molecule has 0 spiro atoms. The van der Waals surface area contributed by atoms with Gasteiger partial charge < -0.3 is 10.2 Å². The second-order valence-electron chi connectivity index (χ2n) is 3.74. The van der Waals surface area contributed by atoms with E-state index in [2.05, 4.69) is 14.9 Å². The lowest BCUT2D eigenvalue weighted by molar-refractivity contribution is 0.0660. The van der Waals surface area contributed by atoms with Gasteiger partial charge in [0.15, 0.2) is 0 Å². The Kier molecular flexibility index (Phi) is 2.97. The van der Waals surface area contributed by atoms with E-state index >= 15 is 0 Å². The summed E-state index contributed by atoms with van der Waals surface area (Å²) in [6, 6.07) is 0.243. The molecule has 1 saturated heterocycles. The molecule has 1 fully saturated rings. The molecule has 0 aliphatic carbocycles. The first kappa shape index (κ1) is 10.5.